The van der Waals surface area contributed by atoms with Crippen LogP contribution in [-0.2, 0) is 16.0 Å². The zero-order valence-electron chi connectivity index (χ0n) is 14.9. The third kappa shape index (κ3) is 6.47. The summed E-state index contributed by atoms with van der Waals surface area (Å²) in [6, 6.07) is 7.99. The normalized spacial score (nSPS) is 17.3. The fraction of sp³-hybridized carbons (Fsp3) is 0.611. The van der Waals surface area contributed by atoms with Crippen molar-refractivity contribution in [1.82, 2.24) is 10.2 Å². The number of ether oxygens (including phenoxy) is 2. The Bertz CT molecular complexity index is 519. The van der Waals surface area contributed by atoms with Crippen LogP contribution < -0.4 is 11.1 Å². The van der Waals surface area contributed by atoms with Gasteiger partial charge >= 0.3 is 6.09 Å². The lowest BCUT2D eigenvalue weighted by atomic mass is 10.1. The SMILES string of the molecule is CC(C)(C)OC(=O)NCC(N)c1ccc(CN2CCOCC2)cc1. The van der Waals surface area contributed by atoms with Crippen molar-refractivity contribution in [3.63, 3.8) is 0 Å². The Morgan fingerprint density at radius 1 is 1.29 bits per heavy atom. The van der Waals surface area contributed by atoms with Crippen LogP contribution in [0.1, 0.15) is 37.9 Å². The second-order valence-corrected chi connectivity index (χ2v) is 7.12. The largest absolute Gasteiger partial charge is 0.444 e. The molecule has 1 aromatic carbocycles. The summed E-state index contributed by atoms with van der Waals surface area (Å²) < 4.78 is 10.6. The molecular weight excluding hydrogens is 306 g/mol. The van der Waals surface area contributed by atoms with Gasteiger partial charge in [0.1, 0.15) is 5.60 Å². The van der Waals surface area contributed by atoms with Crippen molar-refractivity contribution in [2.45, 2.75) is 39.0 Å². The van der Waals surface area contributed by atoms with E-state index < -0.39 is 11.7 Å². The standard InChI is InChI=1S/C18H29N3O3/c1-18(2,3)24-17(22)20-12-16(19)15-6-4-14(5-7-15)13-21-8-10-23-11-9-21/h4-7,16H,8-13,19H2,1-3H3,(H,20,22). The highest BCUT2D eigenvalue weighted by Gasteiger charge is 2.17. The number of hydrogen-bond acceptors (Lipinski definition) is 5. The number of benzene rings is 1. The van der Waals surface area contributed by atoms with E-state index in [2.05, 4.69) is 22.3 Å². The summed E-state index contributed by atoms with van der Waals surface area (Å²) in [6.07, 6.45) is -0.443. The number of hydrogen-bond donors (Lipinski definition) is 2. The van der Waals surface area contributed by atoms with E-state index in [1.807, 2.05) is 32.9 Å². The average molecular weight is 335 g/mol. The molecule has 1 heterocycles. The molecule has 24 heavy (non-hydrogen) atoms. The first-order valence-corrected chi connectivity index (χ1v) is 8.45. The first-order valence-electron chi connectivity index (χ1n) is 8.45. The maximum absolute atomic E-state index is 11.7. The minimum atomic E-state index is -0.505. The minimum absolute atomic E-state index is 0.255. The number of carbonyl (C=O) groups is 1. The number of amides is 1. The molecule has 0 spiro atoms. The van der Waals surface area contributed by atoms with Gasteiger partial charge in [-0.05, 0) is 31.9 Å². The van der Waals surface area contributed by atoms with E-state index in [-0.39, 0.29) is 6.04 Å². The van der Waals surface area contributed by atoms with Crippen LogP contribution in [0.4, 0.5) is 4.79 Å². The van der Waals surface area contributed by atoms with Gasteiger partial charge in [-0.2, -0.15) is 0 Å². The van der Waals surface area contributed by atoms with Crippen molar-refractivity contribution in [3.8, 4) is 0 Å². The van der Waals surface area contributed by atoms with Gasteiger partial charge in [0, 0.05) is 32.2 Å². The van der Waals surface area contributed by atoms with Crippen LogP contribution >= 0.6 is 0 Å². The zero-order chi connectivity index (χ0) is 17.6. The van der Waals surface area contributed by atoms with E-state index in [0.29, 0.717) is 6.54 Å². The lowest BCUT2D eigenvalue weighted by Gasteiger charge is -2.26. The number of morpholine rings is 1. The Hall–Kier alpha value is -1.63. The van der Waals surface area contributed by atoms with Crippen molar-refractivity contribution in [3.05, 3.63) is 35.4 Å². The zero-order valence-corrected chi connectivity index (χ0v) is 14.9. The molecule has 0 radical (unpaired) electrons. The van der Waals surface area contributed by atoms with Crippen molar-refractivity contribution in [1.29, 1.82) is 0 Å². The molecule has 1 aromatic rings. The molecule has 1 aliphatic heterocycles. The quantitative estimate of drug-likeness (QED) is 0.861. The van der Waals surface area contributed by atoms with Gasteiger partial charge in [0.25, 0.3) is 0 Å². The third-order valence-electron chi connectivity index (χ3n) is 3.78. The van der Waals surface area contributed by atoms with Crippen molar-refractivity contribution < 1.29 is 14.3 Å². The molecule has 1 fully saturated rings. The molecule has 1 unspecified atom stereocenters. The first-order chi connectivity index (χ1) is 11.3. The maximum atomic E-state index is 11.7. The maximum Gasteiger partial charge on any atom is 0.407 e. The molecule has 0 bridgehead atoms. The third-order valence-corrected chi connectivity index (χ3v) is 3.78. The molecule has 6 heteroatoms. The predicted octanol–water partition coefficient (Wildman–Crippen LogP) is 2.04. The number of alkyl carbamates (subject to hydrolysis) is 1. The van der Waals surface area contributed by atoms with Crippen LogP contribution in [0.15, 0.2) is 24.3 Å². The summed E-state index contributed by atoms with van der Waals surface area (Å²) in [5.74, 6) is 0. The summed E-state index contributed by atoms with van der Waals surface area (Å²) in [7, 11) is 0. The lowest BCUT2D eigenvalue weighted by Crippen LogP contribution is -2.36. The molecule has 2 rings (SSSR count). The van der Waals surface area contributed by atoms with Crippen molar-refractivity contribution in [2.24, 2.45) is 5.73 Å². The summed E-state index contributed by atoms with van der Waals surface area (Å²) in [4.78, 5) is 14.0. The van der Waals surface area contributed by atoms with Gasteiger partial charge in [-0.25, -0.2) is 4.79 Å². The Labute approximate surface area is 144 Å². The van der Waals surface area contributed by atoms with Crippen LogP contribution in [0.25, 0.3) is 0 Å². The van der Waals surface area contributed by atoms with E-state index in [0.717, 1.165) is 38.4 Å². The number of nitrogens with zero attached hydrogens (tertiary/aromatic N) is 1. The number of rotatable bonds is 5. The molecule has 1 aliphatic rings. The van der Waals surface area contributed by atoms with Crippen LogP contribution in [0, 0.1) is 0 Å². The lowest BCUT2D eigenvalue weighted by molar-refractivity contribution is 0.0342. The van der Waals surface area contributed by atoms with Crippen molar-refractivity contribution in [2.75, 3.05) is 32.8 Å². The molecule has 6 nitrogen and oxygen atoms in total. The fourth-order valence-corrected chi connectivity index (χ4v) is 2.51. The Morgan fingerprint density at radius 3 is 2.50 bits per heavy atom. The molecule has 1 amide bonds. The highest BCUT2D eigenvalue weighted by Crippen LogP contribution is 2.14. The molecule has 0 aliphatic carbocycles. The second-order valence-electron chi connectivity index (χ2n) is 7.12. The van der Waals surface area contributed by atoms with Crippen molar-refractivity contribution >= 4 is 6.09 Å². The fourth-order valence-electron chi connectivity index (χ4n) is 2.51. The van der Waals surface area contributed by atoms with E-state index in [1.165, 1.54) is 5.56 Å². The summed E-state index contributed by atoms with van der Waals surface area (Å²) >= 11 is 0. The summed E-state index contributed by atoms with van der Waals surface area (Å²) in [5, 5.41) is 2.71. The number of nitrogens with two attached hydrogens (primary N) is 1. The average Bonchev–Trinajstić information content (AvgIpc) is 2.53. The molecule has 3 N–H and O–H groups in total. The van der Waals surface area contributed by atoms with Gasteiger partial charge in [-0.15, -0.1) is 0 Å². The molecular formula is C18H29N3O3. The molecule has 1 atom stereocenters. The summed E-state index contributed by atoms with van der Waals surface area (Å²) in [6.45, 7) is 10.3. The van der Waals surface area contributed by atoms with Gasteiger partial charge in [-0.3, -0.25) is 4.90 Å². The van der Waals surface area contributed by atoms with Gasteiger partial charge < -0.3 is 20.5 Å². The molecule has 1 saturated heterocycles. The van der Waals surface area contributed by atoms with Crippen LogP contribution in [-0.4, -0.2) is 49.4 Å². The molecule has 0 saturated carbocycles. The Balaban J connectivity index is 1.80. The highest BCUT2D eigenvalue weighted by atomic mass is 16.6. The van der Waals surface area contributed by atoms with Crippen LogP contribution in [0.3, 0.4) is 0 Å². The topological polar surface area (TPSA) is 76.8 Å². The predicted molar refractivity (Wildman–Crippen MR) is 93.7 cm³/mol. The Kier molecular flexibility index (Phi) is 6.60. The van der Waals surface area contributed by atoms with Gasteiger partial charge in [-0.1, -0.05) is 24.3 Å². The van der Waals surface area contributed by atoms with E-state index >= 15 is 0 Å². The number of carbonyl (C=O) groups excluding carboxylic acids is 1. The monoisotopic (exact) mass is 335 g/mol. The second kappa shape index (κ2) is 8.46. The van der Waals surface area contributed by atoms with Gasteiger partial charge in [0.15, 0.2) is 0 Å². The number of nitrogens with one attached hydrogen (secondary N) is 1. The van der Waals surface area contributed by atoms with E-state index in [9.17, 15) is 4.79 Å². The summed E-state index contributed by atoms with van der Waals surface area (Å²) in [5.41, 5.74) is 7.89. The first kappa shape index (κ1) is 18.7. The smallest absolute Gasteiger partial charge is 0.407 e. The van der Waals surface area contributed by atoms with E-state index in [1.54, 1.807) is 0 Å². The molecule has 134 valence electrons. The van der Waals surface area contributed by atoms with Gasteiger partial charge in [0.2, 0.25) is 0 Å². The molecule has 0 aromatic heterocycles. The minimum Gasteiger partial charge on any atom is -0.444 e. The van der Waals surface area contributed by atoms with Gasteiger partial charge in [0.05, 0.1) is 13.2 Å². The Morgan fingerprint density at radius 2 is 1.92 bits per heavy atom. The van der Waals surface area contributed by atoms with E-state index in [4.69, 9.17) is 15.2 Å². The van der Waals surface area contributed by atoms with Crippen LogP contribution in [0.5, 0.6) is 0 Å². The highest BCUT2D eigenvalue weighted by molar-refractivity contribution is 5.67. The van der Waals surface area contributed by atoms with Crippen LogP contribution in [0.2, 0.25) is 0 Å².